The van der Waals surface area contributed by atoms with Crippen LogP contribution in [-0.4, -0.2) is 11.4 Å². The van der Waals surface area contributed by atoms with Crippen LogP contribution in [0.15, 0.2) is 4.99 Å². The molecular weight excluding hydrogens is 184 g/mol. The van der Waals surface area contributed by atoms with E-state index in [0.717, 1.165) is 5.84 Å². The van der Waals surface area contributed by atoms with Gasteiger partial charge in [0.25, 0.3) is 0 Å². The Morgan fingerprint density at radius 3 is 2.07 bits per heavy atom. The molecule has 0 aromatic rings. The van der Waals surface area contributed by atoms with Gasteiger partial charge in [-0.15, -0.1) is 0 Å². The Morgan fingerprint density at radius 1 is 1.20 bits per heavy atom. The van der Waals surface area contributed by atoms with Crippen molar-refractivity contribution in [2.75, 3.05) is 0 Å². The molecule has 0 amide bonds. The molecule has 0 radical (unpaired) electrons. The van der Waals surface area contributed by atoms with E-state index >= 15 is 0 Å². The van der Waals surface area contributed by atoms with Crippen molar-refractivity contribution in [3.8, 4) is 0 Å². The van der Waals surface area contributed by atoms with Gasteiger partial charge in [0.2, 0.25) is 0 Å². The van der Waals surface area contributed by atoms with E-state index in [-0.39, 0.29) is 5.54 Å². The Labute approximate surface area is 94.3 Å². The van der Waals surface area contributed by atoms with Crippen molar-refractivity contribution in [1.29, 1.82) is 0 Å². The fraction of sp³-hybridized carbons (Fsp3) is 0.923. The van der Waals surface area contributed by atoms with Crippen molar-refractivity contribution in [3.05, 3.63) is 0 Å². The van der Waals surface area contributed by atoms with Gasteiger partial charge in [0, 0.05) is 5.92 Å². The Balaban J connectivity index is 2.57. The van der Waals surface area contributed by atoms with Gasteiger partial charge in [0.15, 0.2) is 0 Å². The smallest absolute Gasteiger partial charge is 0.0974 e. The van der Waals surface area contributed by atoms with Crippen LogP contribution in [0.3, 0.4) is 0 Å². The second kappa shape index (κ2) is 4.15. The standard InChI is InChI=1S/C13H26N2/c1-12(2,3)15-11(14)10-6-8-13(4,5)9-7-10/h10H,6-9H2,1-5H3,(H2,14,15). The van der Waals surface area contributed by atoms with Crippen molar-refractivity contribution in [1.82, 2.24) is 0 Å². The first-order valence-electron chi connectivity index (χ1n) is 6.05. The summed E-state index contributed by atoms with van der Waals surface area (Å²) in [4.78, 5) is 4.58. The summed E-state index contributed by atoms with van der Waals surface area (Å²) < 4.78 is 0. The predicted molar refractivity (Wildman–Crippen MR) is 67.1 cm³/mol. The lowest BCUT2D eigenvalue weighted by Gasteiger charge is -2.34. The first-order valence-corrected chi connectivity index (χ1v) is 6.05. The van der Waals surface area contributed by atoms with Crippen molar-refractivity contribution in [3.63, 3.8) is 0 Å². The van der Waals surface area contributed by atoms with Gasteiger partial charge in [-0.3, -0.25) is 4.99 Å². The maximum atomic E-state index is 6.07. The minimum atomic E-state index is -0.0307. The number of hydrogen-bond donors (Lipinski definition) is 1. The minimum absolute atomic E-state index is 0.0307. The maximum Gasteiger partial charge on any atom is 0.0974 e. The van der Waals surface area contributed by atoms with Gasteiger partial charge in [-0.25, -0.2) is 0 Å². The Kier molecular flexibility index (Phi) is 3.47. The molecule has 1 fully saturated rings. The van der Waals surface area contributed by atoms with E-state index in [1.165, 1.54) is 25.7 Å². The van der Waals surface area contributed by atoms with E-state index in [4.69, 9.17) is 5.73 Å². The SMILES string of the molecule is CC1(C)CCC(C(N)=NC(C)(C)C)CC1. The molecule has 88 valence electrons. The quantitative estimate of drug-likeness (QED) is 0.523. The number of nitrogens with two attached hydrogens (primary N) is 1. The summed E-state index contributed by atoms with van der Waals surface area (Å²) in [5.41, 5.74) is 6.55. The highest BCUT2D eigenvalue weighted by Crippen LogP contribution is 2.38. The van der Waals surface area contributed by atoms with Crippen molar-refractivity contribution in [2.45, 2.75) is 65.8 Å². The first-order chi connectivity index (χ1) is 6.70. The van der Waals surface area contributed by atoms with Gasteiger partial charge < -0.3 is 5.73 Å². The zero-order chi connectivity index (χ0) is 11.7. The third-order valence-electron chi connectivity index (χ3n) is 3.22. The molecule has 1 rings (SSSR count). The van der Waals surface area contributed by atoms with Gasteiger partial charge in [0.05, 0.1) is 11.4 Å². The summed E-state index contributed by atoms with van der Waals surface area (Å²) in [7, 11) is 0. The molecule has 0 spiro atoms. The molecule has 0 aromatic carbocycles. The highest BCUT2D eigenvalue weighted by Gasteiger charge is 2.29. The zero-order valence-electron chi connectivity index (χ0n) is 10.9. The fourth-order valence-electron chi connectivity index (χ4n) is 2.17. The van der Waals surface area contributed by atoms with Crippen molar-refractivity contribution < 1.29 is 0 Å². The minimum Gasteiger partial charge on any atom is -0.387 e. The summed E-state index contributed by atoms with van der Waals surface area (Å²) in [6.45, 7) is 11.0. The number of aliphatic imine (C=N–C) groups is 1. The Bertz CT molecular complexity index is 236. The summed E-state index contributed by atoms with van der Waals surface area (Å²) in [6.07, 6.45) is 4.97. The summed E-state index contributed by atoms with van der Waals surface area (Å²) in [5, 5.41) is 0. The molecule has 0 saturated heterocycles. The summed E-state index contributed by atoms with van der Waals surface area (Å²) >= 11 is 0. The molecule has 1 saturated carbocycles. The van der Waals surface area contributed by atoms with Crippen LogP contribution < -0.4 is 5.73 Å². The van der Waals surface area contributed by atoms with Crippen LogP contribution >= 0.6 is 0 Å². The van der Waals surface area contributed by atoms with Gasteiger partial charge in [-0.05, 0) is 51.9 Å². The Hall–Kier alpha value is -0.530. The second-order valence-electron chi connectivity index (χ2n) is 6.65. The van der Waals surface area contributed by atoms with Gasteiger partial charge >= 0.3 is 0 Å². The monoisotopic (exact) mass is 210 g/mol. The van der Waals surface area contributed by atoms with Gasteiger partial charge in [0.1, 0.15) is 0 Å². The lowest BCUT2D eigenvalue weighted by atomic mass is 9.73. The summed E-state index contributed by atoms with van der Waals surface area (Å²) in [5.74, 6) is 1.40. The second-order valence-corrected chi connectivity index (χ2v) is 6.65. The van der Waals surface area contributed by atoms with E-state index in [0.29, 0.717) is 11.3 Å². The first kappa shape index (κ1) is 12.5. The molecule has 1 aliphatic rings. The molecule has 2 nitrogen and oxygen atoms in total. The third-order valence-corrected chi connectivity index (χ3v) is 3.22. The van der Waals surface area contributed by atoms with Crippen molar-refractivity contribution in [2.24, 2.45) is 22.1 Å². The molecule has 0 bridgehead atoms. The number of amidine groups is 1. The van der Waals surface area contributed by atoms with Crippen LogP contribution in [0.2, 0.25) is 0 Å². The fourth-order valence-corrected chi connectivity index (χ4v) is 2.17. The molecular formula is C13H26N2. The lowest BCUT2D eigenvalue weighted by molar-refractivity contribution is 0.220. The van der Waals surface area contributed by atoms with E-state index in [2.05, 4.69) is 39.6 Å². The third kappa shape index (κ3) is 4.23. The normalized spacial score (nSPS) is 24.2. The van der Waals surface area contributed by atoms with Crippen LogP contribution in [0.5, 0.6) is 0 Å². The molecule has 0 unspecified atom stereocenters. The number of rotatable bonds is 1. The van der Waals surface area contributed by atoms with E-state index in [1.54, 1.807) is 0 Å². The number of nitrogens with zero attached hydrogens (tertiary/aromatic N) is 1. The molecule has 0 heterocycles. The zero-order valence-corrected chi connectivity index (χ0v) is 10.9. The maximum absolute atomic E-state index is 6.07. The molecule has 0 atom stereocenters. The summed E-state index contributed by atoms with van der Waals surface area (Å²) in [6, 6.07) is 0. The number of hydrogen-bond acceptors (Lipinski definition) is 1. The average Bonchev–Trinajstić information content (AvgIpc) is 2.00. The highest BCUT2D eigenvalue weighted by atomic mass is 14.9. The van der Waals surface area contributed by atoms with Gasteiger partial charge in [-0.2, -0.15) is 0 Å². The molecule has 2 heteroatoms. The molecule has 0 aliphatic heterocycles. The lowest BCUT2D eigenvalue weighted by Crippen LogP contribution is -2.32. The largest absolute Gasteiger partial charge is 0.387 e. The topological polar surface area (TPSA) is 38.4 Å². The molecule has 0 aromatic heterocycles. The molecule has 2 N–H and O–H groups in total. The van der Waals surface area contributed by atoms with Crippen LogP contribution in [-0.2, 0) is 0 Å². The van der Waals surface area contributed by atoms with E-state index in [9.17, 15) is 0 Å². The van der Waals surface area contributed by atoms with E-state index < -0.39 is 0 Å². The van der Waals surface area contributed by atoms with Crippen LogP contribution in [0.1, 0.15) is 60.3 Å². The predicted octanol–water partition coefficient (Wildman–Crippen LogP) is 3.36. The highest BCUT2D eigenvalue weighted by molar-refractivity contribution is 5.83. The molecule has 15 heavy (non-hydrogen) atoms. The van der Waals surface area contributed by atoms with Gasteiger partial charge in [-0.1, -0.05) is 13.8 Å². The van der Waals surface area contributed by atoms with Crippen LogP contribution in [0.25, 0.3) is 0 Å². The Morgan fingerprint density at radius 2 is 1.67 bits per heavy atom. The average molecular weight is 210 g/mol. The van der Waals surface area contributed by atoms with Crippen LogP contribution in [0.4, 0.5) is 0 Å². The molecule has 1 aliphatic carbocycles. The van der Waals surface area contributed by atoms with Crippen LogP contribution in [0, 0.1) is 11.3 Å². The van der Waals surface area contributed by atoms with E-state index in [1.807, 2.05) is 0 Å². The van der Waals surface area contributed by atoms with Crippen molar-refractivity contribution >= 4 is 5.84 Å².